The molecule has 1 atom stereocenters. The zero-order chi connectivity index (χ0) is 15.9. The maximum atomic E-state index is 12.8. The number of halogens is 1. The first kappa shape index (κ1) is 16.2. The maximum Gasteiger partial charge on any atom is 0.315 e. The SMILES string of the molecule is C[C@H]1COCCN1C(=O)CNC(=O)NCc1ccc(F)cc1. The molecular formula is C15H20FN3O3. The number of amides is 3. The minimum absolute atomic E-state index is 0.0188. The van der Waals surface area contributed by atoms with E-state index in [1.807, 2.05) is 6.92 Å². The van der Waals surface area contributed by atoms with E-state index in [-0.39, 0.29) is 30.9 Å². The minimum Gasteiger partial charge on any atom is -0.377 e. The predicted octanol–water partition coefficient (Wildman–Crippen LogP) is 0.872. The molecule has 22 heavy (non-hydrogen) atoms. The number of rotatable bonds is 4. The first-order chi connectivity index (χ1) is 10.6. The van der Waals surface area contributed by atoms with Gasteiger partial charge in [-0.1, -0.05) is 12.1 Å². The van der Waals surface area contributed by atoms with Crippen LogP contribution in [0.1, 0.15) is 12.5 Å². The molecule has 6 nitrogen and oxygen atoms in total. The standard InChI is InChI=1S/C15H20FN3O3/c1-11-10-22-7-6-19(11)14(20)9-18-15(21)17-8-12-2-4-13(16)5-3-12/h2-5,11H,6-10H2,1H3,(H2,17,18,21)/t11-/m0/s1. The third-order valence-corrected chi connectivity index (χ3v) is 3.45. The van der Waals surface area contributed by atoms with Crippen molar-refractivity contribution in [3.8, 4) is 0 Å². The van der Waals surface area contributed by atoms with Gasteiger partial charge in [0, 0.05) is 13.1 Å². The first-order valence-corrected chi connectivity index (χ1v) is 7.19. The molecule has 2 N–H and O–H groups in total. The number of nitrogens with zero attached hydrogens (tertiary/aromatic N) is 1. The van der Waals surface area contributed by atoms with E-state index in [9.17, 15) is 14.0 Å². The molecule has 0 bridgehead atoms. The predicted molar refractivity (Wildman–Crippen MR) is 78.6 cm³/mol. The van der Waals surface area contributed by atoms with Crippen LogP contribution >= 0.6 is 0 Å². The smallest absolute Gasteiger partial charge is 0.315 e. The molecule has 2 rings (SSSR count). The Morgan fingerprint density at radius 3 is 2.73 bits per heavy atom. The first-order valence-electron chi connectivity index (χ1n) is 7.19. The molecule has 3 amide bonds. The van der Waals surface area contributed by atoms with Gasteiger partial charge in [0.05, 0.1) is 25.8 Å². The Kier molecular flexibility index (Phi) is 5.71. The second-order valence-electron chi connectivity index (χ2n) is 5.17. The highest BCUT2D eigenvalue weighted by atomic mass is 19.1. The average molecular weight is 309 g/mol. The van der Waals surface area contributed by atoms with Crippen LogP contribution in [0.25, 0.3) is 0 Å². The van der Waals surface area contributed by atoms with E-state index in [1.54, 1.807) is 17.0 Å². The number of hydrogen-bond acceptors (Lipinski definition) is 3. The lowest BCUT2D eigenvalue weighted by Gasteiger charge is -2.33. The number of morpholine rings is 1. The average Bonchev–Trinajstić information content (AvgIpc) is 2.52. The molecule has 7 heteroatoms. The fourth-order valence-electron chi connectivity index (χ4n) is 2.20. The van der Waals surface area contributed by atoms with Crippen LogP contribution in [0, 0.1) is 5.82 Å². The summed E-state index contributed by atoms with van der Waals surface area (Å²) in [6, 6.07) is 5.44. The van der Waals surface area contributed by atoms with Gasteiger partial charge in [-0.2, -0.15) is 0 Å². The van der Waals surface area contributed by atoms with Crippen molar-refractivity contribution in [2.75, 3.05) is 26.3 Å². The molecule has 0 radical (unpaired) electrons. The zero-order valence-electron chi connectivity index (χ0n) is 12.5. The van der Waals surface area contributed by atoms with Crippen LogP contribution in [-0.4, -0.2) is 49.2 Å². The topological polar surface area (TPSA) is 70.7 Å². The summed E-state index contributed by atoms with van der Waals surface area (Å²) in [5.74, 6) is -0.453. The third-order valence-electron chi connectivity index (χ3n) is 3.45. The molecule has 1 aromatic carbocycles. The molecule has 0 aliphatic carbocycles. The van der Waals surface area contributed by atoms with E-state index in [0.717, 1.165) is 5.56 Å². The van der Waals surface area contributed by atoms with Crippen molar-refractivity contribution in [3.63, 3.8) is 0 Å². The lowest BCUT2D eigenvalue weighted by molar-refractivity contribution is -0.137. The zero-order valence-corrected chi connectivity index (χ0v) is 12.5. The van der Waals surface area contributed by atoms with Crippen LogP contribution in [-0.2, 0) is 16.1 Å². The van der Waals surface area contributed by atoms with Gasteiger partial charge in [-0.05, 0) is 24.6 Å². The van der Waals surface area contributed by atoms with Gasteiger partial charge in [0.25, 0.3) is 0 Å². The minimum atomic E-state index is -0.432. The highest BCUT2D eigenvalue weighted by Gasteiger charge is 2.23. The van der Waals surface area contributed by atoms with E-state index in [2.05, 4.69) is 10.6 Å². The quantitative estimate of drug-likeness (QED) is 0.867. The van der Waals surface area contributed by atoms with Gasteiger partial charge in [0.2, 0.25) is 5.91 Å². The van der Waals surface area contributed by atoms with Crippen molar-refractivity contribution in [2.45, 2.75) is 19.5 Å². The molecule has 0 unspecified atom stereocenters. The third kappa shape index (κ3) is 4.70. The van der Waals surface area contributed by atoms with Crippen LogP contribution in [0.3, 0.4) is 0 Å². The number of benzene rings is 1. The fraction of sp³-hybridized carbons (Fsp3) is 0.467. The van der Waals surface area contributed by atoms with Crippen molar-refractivity contribution < 1.29 is 18.7 Å². The summed E-state index contributed by atoms with van der Waals surface area (Å²) in [4.78, 5) is 25.4. The second-order valence-corrected chi connectivity index (χ2v) is 5.17. The summed E-state index contributed by atoms with van der Waals surface area (Å²) in [5.41, 5.74) is 0.782. The Labute approximate surface area is 128 Å². The van der Waals surface area contributed by atoms with Crippen LogP contribution in [0.15, 0.2) is 24.3 Å². The summed E-state index contributed by atoms with van der Waals surface area (Å²) in [7, 11) is 0. The molecule has 1 aliphatic rings. The van der Waals surface area contributed by atoms with Crippen LogP contribution < -0.4 is 10.6 Å². The van der Waals surface area contributed by atoms with Gasteiger partial charge in [0.1, 0.15) is 5.82 Å². The lowest BCUT2D eigenvalue weighted by atomic mass is 10.2. The fourth-order valence-corrected chi connectivity index (χ4v) is 2.20. The molecule has 1 aromatic rings. The molecule has 1 saturated heterocycles. The van der Waals surface area contributed by atoms with Crippen molar-refractivity contribution in [2.24, 2.45) is 0 Å². The lowest BCUT2D eigenvalue weighted by Crippen LogP contribution is -2.51. The van der Waals surface area contributed by atoms with Gasteiger partial charge >= 0.3 is 6.03 Å². The Balaban J connectivity index is 1.70. The summed E-state index contributed by atoms with van der Waals surface area (Å²) >= 11 is 0. The largest absolute Gasteiger partial charge is 0.377 e. The number of carbonyl (C=O) groups is 2. The molecule has 1 fully saturated rings. The number of hydrogen-bond donors (Lipinski definition) is 2. The Morgan fingerprint density at radius 1 is 1.32 bits per heavy atom. The summed E-state index contributed by atoms with van der Waals surface area (Å²) in [5, 5.41) is 5.15. The number of carbonyl (C=O) groups excluding carboxylic acids is 2. The monoisotopic (exact) mass is 309 g/mol. The highest BCUT2D eigenvalue weighted by Crippen LogP contribution is 2.05. The van der Waals surface area contributed by atoms with Crippen LogP contribution in [0.4, 0.5) is 9.18 Å². The molecule has 0 aromatic heterocycles. The molecular weight excluding hydrogens is 289 g/mol. The van der Waals surface area contributed by atoms with Crippen molar-refractivity contribution in [1.29, 1.82) is 0 Å². The molecule has 0 saturated carbocycles. The van der Waals surface area contributed by atoms with Crippen molar-refractivity contribution in [1.82, 2.24) is 15.5 Å². The van der Waals surface area contributed by atoms with Gasteiger partial charge in [0.15, 0.2) is 0 Å². The summed E-state index contributed by atoms with van der Waals surface area (Å²) in [6.45, 7) is 3.70. The Hall–Kier alpha value is -2.15. The number of nitrogens with one attached hydrogen (secondary N) is 2. The van der Waals surface area contributed by atoms with Gasteiger partial charge in [-0.3, -0.25) is 4.79 Å². The van der Waals surface area contributed by atoms with E-state index >= 15 is 0 Å². The number of urea groups is 1. The molecule has 0 spiro atoms. The molecule has 1 aliphatic heterocycles. The van der Waals surface area contributed by atoms with Crippen LogP contribution in [0.2, 0.25) is 0 Å². The van der Waals surface area contributed by atoms with Crippen molar-refractivity contribution >= 4 is 11.9 Å². The summed E-state index contributed by atoms with van der Waals surface area (Å²) < 4.78 is 18.0. The highest BCUT2D eigenvalue weighted by molar-refractivity contribution is 5.84. The Bertz CT molecular complexity index is 521. The summed E-state index contributed by atoms with van der Waals surface area (Å²) in [6.07, 6.45) is 0. The second kappa shape index (κ2) is 7.74. The maximum absolute atomic E-state index is 12.8. The molecule has 1 heterocycles. The van der Waals surface area contributed by atoms with Gasteiger partial charge in [-0.25, -0.2) is 9.18 Å². The Morgan fingerprint density at radius 2 is 2.05 bits per heavy atom. The normalized spacial score (nSPS) is 17.9. The van der Waals surface area contributed by atoms with Crippen molar-refractivity contribution in [3.05, 3.63) is 35.6 Å². The van der Waals surface area contributed by atoms with E-state index in [4.69, 9.17) is 4.74 Å². The van der Waals surface area contributed by atoms with E-state index < -0.39 is 6.03 Å². The number of ether oxygens (including phenoxy) is 1. The van der Waals surface area contributed by atoms with E-state index in [1.165, 1.54) is 12.1 Å². The van der Waals surface area contributed by atoms with E-state index in [0.29, 0.717) is 19.8 Å². The molecule has 120 valence electrons. The van der Waals surface area contributed by atoms with Gasteiger partial charge in [-0.15, -0.1) is 0 Å². The van der Waals surface area contributed by atoms with Gasteiger partial charge < -0.3 is 20.3 Å². The van der Waals surface area contributed by atoms with Crippen LogP contribution in [0.5, 0.6) is 0 Å².